The van der Waals surface area contributed by atoms with Crippen LogP contribution in [0, 0.1) is 0 Å². The Morgan fingerprint density at radius 1 is 1.43 bits per heavy atom. The van der Waals surface area contributed by atoms with Crippen molar-refractivity contribution in [1.82, 2.24) is 20.5 Å². The summed E-state index contributed by atoms with van der Waals surface area (Å²) in [5.41, 5.74) is -0.219. The lowest BCUT2D eigenvalue weighted by atomic mass is 10.0. The van der Waals surface area contributed by atoms with Gasteiger partial charge in [-0.25, -0.2) is 14.9 Å². The van der Waals surface area contributed by atoms with Gasteiger partial charge < -0.3 is 10.2 Å². The minimum absolute atomic E-state index is 0.157. The Morgan fingerprint density at radius 3 is 3.09 bits per heavy atom. The Labute approximate surface area is 136 Å². The molecule has 1 aliphatic heterocycles. The molecular formula is C14H18N6O2S. The largest absolute Gasteiger partial charge is 0.350 e. The van der Waals surface area contributed by atoms with Gasteiger partial charge in [0.1, 0.15) is 5.82 Å². The highest BCUT2D eigenvalue weighted by molar-refractivity contribution is 7.13. The second kappa shape index (κ2) is 7.23. The van der Waals surface area contributed by atoms with Crippen LogP contribution in [0.3, 0.4) is 0 Å². The Bertz CT molecular complexity index is 681. The lowest BCUT2D eigenvalue weighted by Crippen LogP contribution is -2.48. The molecule has 3 rings (SSSR count). The van der Waals surface area contributed by atoms with Crippen molar-refractivity contribution in [2.75, 3.05) is 23.3 Å². The second-order valence-corrected chi connectivity index (χ2v) is 6.19. The maximum Gasteiger partial charge on any atom is 0.321 e. The third-order valence-electron chi connectivity index (χ3n) is 3.74. The van der Waals surface area contributed by atoms with Crippen molar-refractivity contribution >= 4 is 28.3 Å². The van der Waals surface area contributed by atoms with Gasteiger partial charge >= 0.3 is 6.03 Å². The molecular weight excluding hydrogens is 316 g/mol. The van der Waals surface area contributed by atoms with Gasteiger partial charge in [0.25, 0.3) is 5.56 Å². The topological polar surface area (TPSA) is 103 Å². The van der Waals surface area contributed by atoms with Crippen LogP contribution in [0.4, 0.5) is 15.7 Å². The van der Waals surface area contributed by atoms with E-state index in [1.54, 1.807) is 17.6 Å². The van der Waals surface area contributed by atoms with E-state index in [1.807, 2.05) is 0 Å². The van der Waals surface area contributed by atoms with Crippen molar-refractivity contribution in [3.8, 4) is 0 Å². The molecule has 0 aliphatic carbocycles. The molecule has 122 valence electrons. The zero-order chi connectivity index (χ0) is 16.1. The van der Waals surface area contributed by atoms with Gasteiger partial charge in [0.2, 0.25) is 0 Å². The van der Waals surface area contributed by atoms with Gasteiger partial charge in [-0.15, -0.1) is 11.3 Å². The normalized spacial score (nSPS) is 17.7. The summed E-state index contributed by atoms with van der Waals surface area (Å²) in [5.74, 6) is 0.733. The number of amides is 2. The van der Waals surface area contributed by atoms with Crippen LogP contribution in [0.2, 0.25) is 0 Å². The number of carbonyl (C=O) groups is 1. The zero-order valence-corrected chi connectivity index (χ0v) is 13.3. The number of H-pyrrole nitrogens is 1. The number of thiazole rings is 1. The van der Waals surface area contributed by atoms with Crippen molar-refractivity contribution in [2.24, 2.45) is 0 Å². The molecule has 23 heavy (non-hydrogen) atoms. The van der Waals surface area contributed by atoms with Crippen molar-refractivity contribution in [2.45, 2.75) is 25.3 Å². The number of hydrogen-bond acceptors (Lipinski definition) is 6. The van der Waals surface area contributed by atoms with E-state index in [4.69, 9.17) is 0 Å². The molecule has 1 fully saturated rings. The number of rotatable bonds is 4. The minimum Gasteiger partial charge on any atom is -0.350 e. The first-order chi connectivity index (χ1) is 11.2. The quantitative estimate of drug-likeness (QED) is 0.784. The third-order valence-corrected chi connectivity index (χ3v) is 4.43. The highest BCUT2D eigenvalue weighted by Gasteiger charge is 2.24. The fourth-order valence-corrected chi connectivity index (χ4v) is 3.17. The van der Waals surface area contributed by atoms with Crippen molar-refractivity contribution in [1.29, 1.82) is 0 Å². The van der Waals surface area contributed by atoms with Crippen molar-refractivity contribution in [3.63, 3.8) is 0 Å². The van der Waals surface area contributed by atoms with Crippen LogP contribution in [0.5, 0.6) is 0 Å². The number of hydrogen-bond donors (Lipinski definition) is 3. The molecule has 1 atom stereocenters. The molecule has 9 heteroatoms. The summed E-state index contributed by atoms with van der Waals surface area (Å²) >= 11 is 1.37. The molecule has 0 saturated carbocycles. The van der Waals surface area contributed by atoms with E-state index in [2.05, 4.69) is 30.7 Å². The summed E-state index contributed by atoms with van der Waals surface area (Å²) in [4.78, 5) is 29.2. The summed E-state index contributed by atoms with van der Waals surface area (Å²) in [6.07, 6.45) is 4.80. The third kappa shape index (κ3) is 4.07. The van der Waals surface area contributed by atoms with Crippen LogP contribution >= 0.6 is 11.3 Å². The Balaban J connectivity index is 1.59. The molecule has 1 saturated heterocycles. The van der Waals surface area contributed by atoms with E-state index in [0.717, 1.165) is 31.6 Å². The van der Waals surface area contributed by atoms with Crippen LogP contribution in [0.1, 0.15) is 19.3 Å². The van der Waals surface area contributed by atoms with E-state index in [9.17, 15) is 9.59 Å². The number of urea groups is 1. The maximum absolute atomic E-state index is 11.9. The minimum atomic E-state index is -0.264. The number of piperidine rings is 1. The van der Waals surface area contributed by atoms with Gasteiger partial charge in [-0.3, -0.25) is 10.1 Å². The molecule has 1 aliphatic rings. The molecule has 2 aromatic rings. The summed E-state index contributed by atoms with van der Waals surface area (Å²) in [7, 11) is 0. The van der Waals surface area contributed by atoms with E-state index in [-0.39, 0.29) is 17.6 Å². The lowest BCUT2D eigenvalue weighted by Gasteiger charge is -2.36. The van der Waals surface area contributed by atoms with Crippen LogP contribution in [0.25, 0.3) is 0 Å². The molecule has 1 unspecified atom stereocenters. The smallest absolute Gasteiger partial charge is 0.321 e. The zero-order valence-electron chi connectivity index (χ0n) is 12.5. The van der Waals surface area contributed by atoms with Crippen molar-refractivity contribution < 1.29 is 4.79 Å². The van der Waals surface area contributed by atoms with E-state index >= 15 is 0 Å². The SMILES string of the molecule is O=C(NCC1CCCCN1c1ccc(=O)[nH]n1)Nc1nccs1. The van der Waals surface area contributed by atoms with Crippen LogP contribution in [-0.2, 0) is 0 Å². The molecule has 2 amide bonds. The van der Waals surface area contributed by atoms with Gasteiger partial charge in [0, 0.05) is 36.8 Å². The average molecular weight is 334 g/mol. The highest BCUT2D eigenvalue weighted by Crippen LogP contribution is 2.21. The first-order valence-electron chi connectivity index (χ1n) is 7.49. The predicted octanol–water partition coefficient (Wildman–Crippen LogP) is 1.41. The lowest BCUT2D eigenvalue weighted by molar-refractivity contribution is 0.250. The second-order valence-electron chi connectivity index (χ2n) is 5.29. The summed E-state index contributed by atoms with van der Waals surface area (Å²) < 4.78 is 0. The van der Waals surface area contributed by atoms with Crippen LogP contribution in [-0.4, -0.2) is 40.3 Å². The molecule has 0 radical (unpaired) electrons. The summed E-state index contributed by atoms with van der Waals surface area (Å²) in [5, 5.41) is 14.5. The van der Waals surface area contributed by atoms with Crippen molar-refractivity contribution in [3.05, 3.63) is 34.1 Å². The Morgan fingerprint density at radius 2 is 2.35 bits per heavy atom. The first-order valence-corrected chi connectivity index (χ1v) is 8.37. The van der Waals surface area contributed by atoms with Crippen LogP contribution in [0.15, 0.2) is 28.5 Å². The number of aromatic nitrogens is 3. The van der Waals surface area contributed by atoms with E-state index in [0.29, 0.717) is 11.7 Å². The maximum atomic E-state index is 11.9. The molecule has 8 nitrogen and oxygen atoms in total. The van der Waals surface area contributed by atoms with E-state index < -0.39 is 0 Å². The van der Waals surface area contributed by atoms with Gasteiger partial charge in [-0.2, -0.15) is 5.10 Å². The molecule has 0 aromatic carbocycles. The van der Waals surface area contributed by atoms with Gasteiger partial charge in [0.15, 0.2) is 5.13 Å². The molecule has 3 heterocycles. The molecule has 0 spiro atoms. The summed E-state index contributed by atoms with van der Waals surface area (Å²) in [6, 6.07) is 3.08. The standard InChI is InChI=1S/C14H18N6O2S/c21-12-5-4-11(18-19-12)20-7-2-1-3-10(20)9-16-13(22)17-14-15-6-8-23-14/h4-6,8,10H,1-3,7,9H2,(H,19,21)(H2,15,16,17,22). The van der Waals surface area contributed by atoms with Gasteiger partial charge in [-0.1, -0.05) is 0 Å². The Hall–Kier alpha value is -2.42. The number of nitrogens with one attached hydrogen (secondary N) is 3. The number of carbonyl (C=O) groups excluding carboxylic acids is 1. The van der Waals surface area contributed by atoms with Gasteiger partial charge in [0.05, 0.1) is 0 Å². The molecule has 3 N–H and O–H groups in total. The fraction of sp³-hybridized carbons (Fsp3) is 0.429. The monoisotopic (exact) mass is 334 g/mol. The summed E-state index contributed by atoms with van der Waals surface area (Å²) in [6.45, 7) is 1.37. The average Bonchev–Trinajstić information content (AvgIpc) is 3.07. The molecule has 2 aromatic heterocycles. The predicted molar refractivity (Wildman–Crippen MR) is 89.0 cm³/mol. The van der Waals surface area contributed by atoms with Gasteiger partial charge in [-0.05, 0) is 25.3 Å². The molecule has 0 bridgehead atoms. The number of nitrogens with zero attached hydrogens (tertiary/aromatic N) is 3. The number of aromatic amines is 1. The first kappa shape index (κ1) is 15.5. The fourth-order valence-electron chi connectivity index (χ4n) is 2.65. The van der Waals surface area contributed by atoms with Crippen LogP contribution < -0.4 is 21.1 Å². The number of anilines is 2. The highest BCUT2D eigenvalue weighted by atomic mass is 32.1. The Kier molecular flexibility index (Phi) is 4.86. The van der Waals surface area contributed by atoms with E-state index in [1.165, 1.54) is 17.4 Å².